The van der Waals surface area contributed by atoms with Crippen molar-refractivity contribution in [3.05, 3.63) is 52.3 Å². The van der Waals surface area contributed by atoms with Gasteiger partial charge >= 0.3 is 0 Å². The highest BCUT2D eigenvalue weighted by Gasteiger charge is 2.12. The van der Waals surface area contributed by atoms with Gasteiger partial charge in [0, 0.05) is 16.4 Å². The average Bonchev–Trinajstić information content (AvgIpc) is 2.48. The molecule has 0 aliphatic heterocycles. The Kier molecular flexibility index (Phi) is 5.30. The first-order chi connectivity index (χ1) is 10.1. The molecule has 0 fully saturated rings. The highest BCUT2D eigenvalue weighted by molar-refractivity contribution is 9.10. The van der Waals surface area contributed by atoms with Crippen LogP contribution < -0.4 is 10.8 Å². The second kappa shape index (κ2) is 7.19. The molecule has 2 N–H and O–H groups in total. The molecule has 0 radical (unpaired) electrons. The normalized spacial score (nSPS) is 10.2. The predicted molar refractivity (Wildman–Crippen MR) is 85.5 cm³/mol. The Morgan fingerprint density at radius 1 is 1.33 bits per heavy atom. The van der Waals surface area contributed by atoms with E-state index in [4.69, 9.17) is 4.84 Å². The lowest BCUT2D eigenvalue weighted by molar-refractivity contribution is 0.0365. The maximum absolute atomic E-state index is 12.0. The summed E-state index contributed by atoms with van der Waals surface area (Å²) in [6, 6.07) is 7.52. The van der Waals surface area contributed by atoms with Gasteiger partial charge in [-0.15, -0.1) is 0 Å². The molecular formula is C15H16BrN3O2. The Hall–Kier alpha value is -1.92. The zero-order valence-electron chi connectivity index (χ0n) is 11.8. The zero-order valence-corrected chi connectivity index (χ0v) is 13.4. The number of benzene rings is 1. The lowest BCUT2D eigenvalue weighted by Gasteiger charge is -2.13. The van der Waals surface area contributed by atoms with Crippen LogP contribution in [0.2, 0.25) is 0 Å². The molecule has 0 spiro atoms. The van der Waals surface area contributed by atoms with Gasteiger partial charge in [0.1, 0.15) is 0 Å². The van der Waals surface area contributed by atoms with Gasteiger partial charge in [0.15, 0.2) is 0 Å². The molecule has 0 saturated heterocycles. The number of carbonyl (C=O) groups is 1. The molecule has 1 heterocycles. The fourth-order valence-electron chi connectivity index (χ4n) is 1.80. The van der Waals surface area contributed by atoms with Crippen molar-refractivity contribution < 1.29 is 9.63 Å². The third-order valence-electron chi connectivity index (χ3n) is 2.83. The number of nitrogens with zero attached hydrogens (tertiary/aromatic N) is 1. The molecule has 0 atom stereocenters. The van der Waals surface area contributed by atoms with Gasteiger partial charge in [-0.2, -0.15) is 0 Å². The van der Waals surface area contributed by atoms with Crippen LogP contribution in [0.1, 0.15) is 22.8 Å². The quantitative estimate of drug-likeness (QED) is 0.809. The summed E-state index contributed by atoms with van der Waals surface area (Å²) in [6.45, 7) is 4.20. The smallest absolute Gasteiger partial charge is 0.277 e. The van der Waals surface area contributed by atoms with Gasteiger partial charge in [-0.3, -0.25) is 14.6 Å². The largest absolute Gasteiger partial charge is 0.353 e. The van der Waals surface area contributed by atoms with Crippen LogP contribution in [0.15, 0.2) is 41.1 Å². The number of aromatic nitrogens is 1. The Balaban J connectivity index is 2.26. The van der Waals surface area contributed by atoms with Gasteiger partial charge in [0.05, 0.1) is 24.1 Å². The van der Waals surface area contributed by atoms with Crippen LogP contribution in [0.3, 0.4) is 0 Å². The summed E-state index contributed by atoms with van der Waals surface area (Å²) < 4.78 is 1.01. The highest BCUT2D eigenvalue weighted by Crippen LogP contribution is 2.25. The number of rotatable bonds is 5. The second-order valence-corrected chi connectivity index (χ2v) is 5.29. The molecule has 2 aromatic rings. The van der Waals surface area contributed by atoms with Crippen LogP contribution in [-0.4, -0.2) is 17.5 Å². The van der Waals surface area contributed by atoms with Crippen molar-refractivity contribution in [2.75, 3.05) is 11.9 Å². The third-order valence-corrected chi connectivity index (χ3v) is 3.33. The Labute approximate surface area is 131 Å². The van der Waals surface area contributed by atoms with Crippen molar-refractivity contribution >= 4 is 33.2 Å². The van der Waals surface area contributed by atoms with Crippen molar-refractivity contribution in [1.82, 2.24) is 10.5 Å². The van der Waals surface area contributed by atoms with E-state index in [1.54, 1.807) is 25.4 Å². The summed E-state index contributed by atoms with van der Waals surface area (Å²) in [5, 5.41) is 3.23. The minimum absolute atomic E-state index is 0.309. The van der Waals surface area contributed by atoms with Crippen LogP contribution in [0.4, 0.5) is 11.4 Å². The number of nitrogens with one attached hydrogen (secondary N) is 2. The third kappa shape index (κ3) is 4.03. The number of carbonyl (C=O) groups excluding carboxylic acids is 1. The van der Waals surface area contributed by atoms with E-state index in [2.05, 4.69) is 31.7 Å². The molecule has 1 aromatic carbocycles. The summed E-state index contributed by atoms with van der Waals surface area (Å²) in [7, 11) is 0. The summed E-state index contributed by atoms with van der Waals surface area (Å²) in [4.78, 5) is 21.0. The molecule has 2 rings (SSSR count). The van der Waals surface area contributed by atoms with E-state index in [1.807, 2.05) is 25.1 Å². The summed E-state index contributed by atoms with van der Waals surface area (Å²) in [5.74, 6) is -0.309. The maximum Gasteiger partial charge on any atom is 0.277 e. The number of hydrogen-bond donors (Lipinski definition) is 2. The molecule has 1 aromatic heterocycles. The van der Waals surface area contributed by atoms with Crippen LogP contribution in [-0.2, 0) is 4.84 Å². The number of pyridine rings is 1. The van der Waals surface area contributed by atoms with E-state index in [1.165, 1.54) is 0 Å². The molecule has 0 aliphatic rings. The number of anilines is 2. The van der Waals surface area contributed by atoms with Gasteiger partial charge in [0.25, 0.3) is 5.91 Å². The zero-order chi connectivity index (χ0) is 15.2. The first-order valence-corrected chi connectivity index (χ1v) is 7.30. The van der Waals surface area contributed by atoms with Gasteiger partial charge in [-0.05, 0) is 43.7 Å². The monoisotopic (exact) mass is 349 g/mol. The van der Waals surface area contributed by atoms with Gasteiger partial charge in [0.2, 0.25) is 0 Å². The Morgan fingerprint density at radius 3 is 2.86 bits per heavy atom. The number of hydroxylamine groups is 1. The number of aryl methyl sites for hydroxylation is 1. The summed E-state index contributed by atoms with van der Waals surface area (Å²) in [6.07, 6.45) is 3.18. The molecule has 5 nitrogen and oxygen atoms in total. The molecule has 1 amide bonds. The van der Waals surface area contributed by atoms with Crippen LogP contribution in [0, 0.1) is 6.92 Å². The van der Waals surface area contributed by atoms with E-state index < -0.39 is 0 Å². The van der Waals surface area contributed by atoms with Gasteiger partial charge in [-0.25, -0.2) is 5.48 Å². The Bertz CT molecular complexity index is 647. The molecule has 0 aliphatic carbocycles. The minimum Gasteiger partial charge on any atom is -0.353 e. The molecular weight excluding hydrogens is 334 g/mol. The van der Waals surface area contributed by atoms with E-state index in [9.17, 15) is 4.79 Å². The van der Waals surface area contributed by atoms with Crippen molar-refractivity contribution in [2.24, 2.45) is 0 Å². The summed E-state index contributed by atoms with van der Waals surface area (Å²) >= 11 is 3.43. The van der Waals surface area contributed by atoms with Crippen molar-refractivity contribution in [3.63, 3.8) is 0 Å². The summed E-state index contributed by atoms with van der Waals surface area (Å²) in [5.41, 5.74) is 5.46. The number of hydrogen-bond acceptors (Lipinski definition) is 4. The van der Waals surface area contributed by atoms with E-state index >= 15 is 0 Å². The average molecular weight is 350 g/mol. The van der Waals surface area contributed by atoms with Crippen LogP contribution in [0.5, 0.6) is 0 Å². The van der Waals surface area contributed by atoms with Crippen LogP contribution >= 0.6 is 15.9 Å². The van der Waals surface area contributed by atoms with Gasteiger partial charge in [-0.1, -0.05) is 15.9 Å². The maximum atomic E-state index is 12.0. The fourth-order valence-corrected chi connectivity index (χ4v) is 2.27. The first-order valence-electron chi connectivity index (χ1n) is 6.51. The van der Waals surface area contributed by atoms with E-state index in [0.29, 0.717) is 17.9 Å². The molecule has 6 heteroatoms. The molecule has 110 valence electrons. The molecule has 0 saturated carbocycles. The second-order valence-electron chi connectivity index (χ2n) is 4.37. The number of halogens is 1. The molecule has 0 bridgehead atoms. The SMILES string of the molecule is CCONC(=O)c1ccncc1Nc1ccc(Br)cc1C. The minimum atomic E-state index is -0.309. The van der Waals surface area contributed by atoms with Gasteiger partial charge < -0.3 is 5.32 Å². The van der Waals surface area contributed by atoms with Crippen molar-refractivity contribution in [2.45, 2.75) is 13.8 Å². The first kappa shape index (κ1) is 15.5. The number of amides is 1. The van der Waals surface area contributed by atoms with Crippen molar-refractivity contribution in [3.8, 4) is 0 Å². The predicted octanol–water partition coefficient (Wildman–Crippen LogP) is 3.58. The topological polar surface area (TPSA) is 63.2 Å². The fraction of sp³-hybridized carbons (Fsp3) is 0.200. The van der Waals surface area contributed by atoms with Crippen molar-refractivity contribution in [1.29, 1.82) is 0 Å². The molecule has 21 heavy (non-hydrogen) atoms. The van der Waals surface area contributed by atoms with Crippen LogP contribution in [0.25, 0.3) is 0 Å². The lowest BCUT2D eigenvalue weighted by atomic mass is 10.1. The standard InChI is InChI=1S/C15H16BrN3O2/c1-3-21-19-15(20)12-6-7-17-9-14(12)18-13-5-4-11(16)8-10(13)2/h4-9,18H,3H2,1-2H3,(H,19,20). The van der Waals surface area contributed by atoms with E-state index in [0.717, 1.165) is 15.7 Å². The Morgan fingerprint density at radius 2 is 2.14 bits per heavy atom. The lowest BCUT2D eigenvalue weighted by Crippen LogP contribution is -2.24. The molecule has 0 unspecified atom stereocenters. The highest BCUT2D eigenvalue weighted by atomic mass is 79.9. The van der Waals surface area contributed by atoms with E-state index in [-0.39, 0.29) is 5.91 Å².